The lowest BCUT2D eigenvalue weighted by atomic mass is 10.2. The summed E-state index contributed by atoms with van der Waals surface area (Å²) in [6.45, 7) is 4.58. The fourth-order valence-corrected chi connectivity index (χ4v) is 1.82. The smallest absolute Gasteiger partial charge is 0.227 e. The predicted octanol–water partition coefficient (Wildman–Crippen LogP) is 3.54. The molecule has 0 saturated heterocycles. The minimum absolute atomic E-state index is 0.0679. The second kappa shape index (κ2) is 6.27. The van der Waals surface area contributed by atoms with Gasteiger partial charge in [-0.25, -0.2) is 18.7 Å². The maximum absolute atomic E-state index is 13.1. The van der Waals surface area contributed by atoms with Gasteiger partial charge in [0.25, 0.3) is 0 Å². The molecule has 2 aromatic rings. The molecule has 1 heterocycles. The molecular weight excluding hydrogens is 264 g/mol. The lowest BCUT2D eigenvalue weighted by Crippen LogP contribution is -2.05. The summed E-state index contributed by atoms with van der Waals surface area (Å²) in [5, 5.41) is 3.10. The molecule has 106 valence electrons. The number of ether oxygens (including phenoxy) is 1. The molecular formula is C14H15F2N3O. The summed E-state index contributed by atoms with van der Waals surface area (Å²) >= 11 is 0. The van der Waals surface area contributed by atoms with Gasteiger partial charge < -0.3 is 10.1 Å². The molecule has 0 aliphatic heterocycles. The van der Waals surface area contributed by atoms with Gasteiger partial charge >= 0.3 is 0 Å². The van der Waals surface area contributed by atoms with E-state index in [-0.39, 0.29) is 5.75 Å². The number of anilines is 1. The first-order valence-electron chi connectivity index (χ1n) is 6.35. The van der Waals surface area contributed by atoms with Crippen molar-refractivity contribution in [2.24, 2.45) is 0 Å². The van der Waals surface area contributed by atoms with Crippen LogP contribution in [0.15, 0.2) is 24.5 Å². The van der Waals surface area contributed by atoms with Gasteiger partial charge in [-0.05, 0) is 13.3 Å². The number of halogens is 2. The van der Waals surface area contributed by atoms with Crippen LogP contribution in [0.3, 0.4) is 0 Å². The van der Waals surface area contributed by atoms with Gasteiger partial charge in [0.2, 0.25) is 5.88 Å². The first kappa shape index (κ1) is 14.2. The Balaban J connectivity index is 2.35. The Morgan fingerprint density at radius 2 is 1.80 bits per heavy atom. The van der Waals surface area contributed by atoms with Crippen LogP contribution >= 0.6 is 0 Å². The highest BCUT2D eigenvalue weighted by Crippen LogP contribution is 2.28. The Hall–Kier alpha value is -2.24. The Kier molecular flexibility index (Phi) is 4.45. The standard InChI is InChI=1S/C14H15F2N3O/c1-3-12-13(17-4-2)18-8-19-14(12)20-11-6-9(15)5-10(16)7-11/h5-8H,3-4H2,1-2H3,(H,17,18,19). The summed E-state index contributed by atoms with van der Waals surface area (Å²) in [6, 6.07) is 3.01. The molecule has 0 aliphatic carbocycles. The molecule has 1 N–H and O–H groups in total. The van der Waals surface area contributed by atoms with Crippen molar-refractivity contribution >= 4 is 5.82 Å². The number of hydrogen-bond acceptors (Lipinski definition) is 4. The lowest BCUT2D eigenvalue weighted by Gasteiger charge is -2.12. The van der Waals surface area contributed by atoms with Crippen LogP contribution in [0.25, 0.3) is 0 Å². The van der Waals surface area contributed by atoms with Gasteiger partial charge in [-0.2, -0.15) is 0 Å². The van der Waals surface area contributed by atoms with Gasteiger partial charge in [-0.3, -0.25) is 0 Å². The number of aromatic nitrogens is 2. The van der Waals surface area contributed by atoms with Crippen molar-refractivity contribution in [2.75, 3.05) is 11.9 Å². The number of nitrogens with zero attached hydrogens (tertiary/aromatic N) is 2. The van der Waals surface area contributed by atoms with E-state index in [1.807, 2.05) is 13.8 Å². The van der Waals surface area contributed by atoms with Gasteiger partial charge in [0.15, 0.2) is 0 Å². The van der Waals surface area contributed by atoms with Crippen LogP contribution in [-0.4, -0.2) is 16.5 Å². The summed E-state index contributed by atoms with van der Waals surface area (Å²) in [4.78, 5) is 8.16. The van der Waals surface area contributed by atoms with Gasteiger partial charge in [-0.15, -0.1) is 0 Å². The molecule has 6 heteroatoms. The van der Waals surface area contributed by atoms with E-state index >= 15 is 0 Å². The van der Waals surface area contributed by atoms with Crippen LogP contribution in [0.1, 0.15) is 19.4 Å². The summed E-state index contributed by atoms with van der Waals surface area (Å²) in [5.74, 6) is -0.364. The van der Waals surface area contributed by atoms with Crippen molar-refractivity contribution in [3.8, 4) is 11.6 Å². The first-order chi connectivity index (χ1) is 9.63. The highest BCUT2D eigenvalue weighted by Gasteiger charge is 2.12. The molecule has 1 aromatic carbocycles. The average Bonchev–Trinajstić information content (AvgIpc) is 2.38. The molecule has 0 aliphatic rings. The SMILES string of the molecule is CCNc1ncnc(Oc2cc(F)cc(F)c2)c1CC. The number of hydrogen-bond donors (Lipinski definition) is 1. The van der Waals surface area contributed by atoms with Gasteiger partial charge in [-0.1, -0.05) is 6.92 Å². The third-order valence-corrected chi connectivity index (χ3v) is 2.65. The van der Waals surface area contributed by atoms with E-state index in [1.165, 1.54) is 6.33 Å². The summed E-state index contributed by atoms with van der Waals surface area (Å²) in [6.07, 6.45) is 1.98. The van der Waals surface area contributed by atoms with Crippen LogP contribution in [0, 0.1) is 11.6 Å². The van der Waals surface area contributed by atoms with Crippen LogP contribution in [-0.2, 0) is 6.42 Å². The average molecular weight is 279 g/mol. The molecule has 2 rings (SSSR count). The van der Waals surface area contributed by atoms with Crippen LogP contribution in [0.4, 0.5) is 14.6 Å². The Morgan fingerprint density at radius 3 is 2.40 bits per heavy atom. The molecule has 0 saturated carbocycles. The van der Waals surface area contributed by atoms with E-state index in [0.29, 0.717) is 24.7 Å². The quantitative estimate of drug-likeness (QED) is 0.909. The zero-order valence-electron chi connectivity index (χ0n) is 11.3. The number of nitrogens with one attached hydrogen (secondary N) is 1. The van der Waals surface area contributed by atoms with Crippen LogP contribution < -0.4 is 10.1 Å². The summed E-state index contributed by atoms with van der Waals surface area (Å²) < 4.78 is 31.8. The minimum Gasteiger partial charge on any atom is -0.438 e. The van der Waals surface area contributed by atoms with E-state index in [2.05, 4.69) is 15.3 Å². The molecule has 4 nitrogen and oxygen atoms in total. The van der Waals surface area contributed by atoms with Crippen molar-refractivity contribution in [2.45, 2.75) is 20.3 Å². The van der Waals surface area contributed by atoms with Crippen molar-refractivity contribution in [3.63, 3.8) is 0 Å². The normalized spacial score (nSPS) is 10.4. The van der Waals surface area contributed by atoms with E-state index in [4.69, 9.17) is 4.74 Å². The van der Waals surface area contributed by atoms with Crippen LogP contribution in [0.5, 0.6) is 11.6 Å². The maximum atomic E-state index is 13.1. The van der Waals surface area contributed by atoms with E-state index in [0.717, 1.165) is 23.8 Å². The monoisotopic (exact) mass is 279 g/mol. The van der Waals surface area contributed by atoms with Crippen molar-refractivity contribution in [1.29, 1.82) is 0 Å². The second-order valence-electron chi connectivity index (χ2n) is 4.10. The molecule has 1 aromatic heterocycles. The Morgan fingerprint density at radius 1 is 1.10 bits per heavy atom. The van der Waals surface area contributed by atoms with Crippen LogP contribution in [0.2, 0.25) is 0 Å². The molecule has 0 amide bonds. The summed E-state index contributed by atoms with van der Waals surface area (Å²) in [5.41, 5.74) is 0.763. The Bertz CT molecular complexity index is 585. The van der Waals surface area contributed by atoms with Gasteiger partial charge in [0, 0.05) is 24.7 Å². The highest BCUT2D eigenvalue weighted by molar-refractivity contribution is 5.49. The second-order valence-corrected chi connectivity index (χ2v) is 4.10. The molecule has 0 atom stereocenters. The Labute approximate surface area is 115 Å². The zero-order valence-corrected chi connectivity index (χ0v) is 11.3. The third-order valence-electron chi connectivity index (χ3n) is 2.65. The fourth-order valence-electron chi connectivity index (χ4n) is 1.82. The van der Waals surface area contributed by atoms with Crippen molar-refractivity contribution in [1.82, 2.24) is 9.97 Å². The minimum atomic E-state index is -0.695. The maximum Gasteiger partial charge on any atom is 0.227 e. The molecule has 0 radical (unpaired) electrons. The molecule has 0 spiro atoms. The number of rotatable bonds is 5. The van der Waals surface area contributed by atoms with Gasteiger partial charge in [0.1, 0.15) is 29.5 Å². The van der Waals surface area contributed by atoms with E-state index in [9.17, 15) is 8.78 Å². The first-order valence-corrected chi connectivity index (χ1v) is 6.35. The summed E-state index contributed by atoms with van der Waals surface area (Å²) in [7, 11) is 0. The number of benzene rings is 1. The lowest BCUT2D eigenvalue weighted by molar-refractivity contribution is 0.445. The molecule has 0 unspecified atom stereocenters. The predicted molar refractivity (Wildman–Crippen MR) is 72.0 cm³/mol. The fraction of sp³-hybridized carbons (Fsp3) is 0.286. The topological polar surface area (TPSA) is 47.0 Å². The largest absolute Gasteiger partial charge is 0.438 e. The molecule has 20 heavy (non-hydrogen) atoms. The van der Waals surface area contributed by atoms with Crippen molar-refractivity contribution in [3.05, 3.63) is 41.7 Å². The molecule has 0 fully saturated rings. The van der Waals surface area contributed by atoms with E-state index < -0.39 is 11.6 Å². The third kappa shape index (κ3) is 3.20. The van der Waals surface area contributed by atoms with Crippen molar-refractivity contribution < 1.29 is 13.5 Å². The zero-order chi connectivity index (χ0) is 14.5. The highest BCUT2D eigenvalue weighted by atomic mass is 19.1. The molecule has 0 bridgehead atoms. The van der Waals surface area contributed by atoms with Gasteiger partial charge in [0.05, 0.1) is 5.56 Å². The van der Waals surface area contributed by atoms with E-state index in [1.54, 1.807) is 0 Å².